The van der Waals surface area contributed by atoms with Crippen LogP contribution in [0.5, 0.6) is 0 Å². The molecule has 0 radical (unpaired) electrons. The van der Waals surface area contributed by atoms with Gasteiger partial charge in [-0.1, -0.05) is 42.5 Å². The quantitative estimate of drug-likeness (QED) is 0.755. The van der Waals surface area contributed by atoms with Crippen LogP contribution in [0, 0.1) is 0 Å². The fraction of sp³-hybridized carbons (Fsp3) is 0.500. The third-order valence-corrected chi connectivity index (χ3v) is 6.06. The summed E-state index contributed by atoms with van der Waals surface area (Å²) >= 11 is 0. The predicted molar refractivity (Wildman–Crippen MR) is 114 cm³/mol. The van der Waals surface area contributed by atoms with Crippen molar-refractivity contribution in [2.75, 3.05) is 32.8 Å². The largest absolute Gasteiger partial charge is 0.374 e. The molecule has 2 aliphatic heterocycles. The Morgan fingerprint density at radius 3 is 2.83 bits per heavy atom. The summed E-state index contributed by atoms with van der Waals surface area (Å²) in [6.45, 7) is 3.44. The highest BCUT2D eigenvalue weighted by molar-refractivity contribution is 5.85. The van der Waals surface area contributed by atoms with E-state index in [1.165, 1.54) is 16.3 Å². The van der Waals surface area contributed by atoms with Gasteiger partial charge in [0.05, 0.1) is 12.7 Å². The van der Waals surface area contributed by atoms with Gasteiger partial charge in [-0.25, -0.2) is 0 Å². The number of hydrogen-bond acceptors (Lipinski definition) is 3. The first kappa shape index (κ1) is 19.9. The fourth-order valence-electron chi connectivity index (χ4n) is 4.46. The number of ether oxygens (including phenoxy) is 1. The minimum atomic E-state index is 0.0298. The topological polar surface area (TPSA) is 49.9 Å². The lowest BCUT2D eigenvalue weighted by molar-refractivity contribution is -0.139. The Balaban J connectivity index is 1.29. The maximum absolute atomic E-state index is 12.7. The molecule has 0 aliphatic carbocycles. The van der Waals surface area contributed by atoms with Gasteiger partial charge in [0, 0.05) is 45.4 Å². The van der Waals surface area contributed by atoms with E-state index in [0.29, 0.717) is 39.1 Å². The first-order valence-electron chi connectivity index (χ1n) is 10.8. The van der Waals surface area contributed by atoms with Gasteiger partial charge in [-0.3, -0.25) is 9.59 Å². The Kier molecular flexibility index (Phi) is 6.45. The number of piperidine rings is 1. The maximum atomic E-state index is 12.7. The average molecular weight is 395 g/mol. The Hall–Kier alpha value is -2.40. The van der Waals surface area contributed by atoms with Crippen LogP contribution in [0.15, 0.2) is 42.5 Å². The molecule has 2 fully saturated rings. The zero-order valence-corrected chi connectivity index (χ0v) is 17.0. The minimum absolute atomic E-state index is 0.0298. The van der Waals surface area contributed by atoms with E-state index in [0.717, 1.165) is 32.2 Å². The molecule has 1 atom stereocenters. The van der Waals surface area contributed by atoms with E-state index in [2.05, 4.69) is 42.5 Å². The Morgan fingerprint density at radius 1 is 1.07 bits per heavy atom. The van der Waals surface area contributed by atoms with E-state index >= 15 is 0 Å². The van der Waals surface area contributed by atoms with Crippen LogP contribution in [0.25, 0.3) is 10.8 Å². The second-order valence-electron chi connectivity index (χ2n) is 8.12. The van der Waals surface area contributed by atoms with Crippen molar-refractivity contribution >= 4 is 22.6 Å². The number of rotatable bonds is 6. The third kappa shape index (κ3) is 4.96. The van der Waals surface area contributed by atoms with E-state index in [1.54, 1.807) is 0 Å². The molecule has 2 aromatic carbocycles. The van der Waals surface area contributed by atoms with Gasteiger partial charge in [-0.15, -0.1) is 0 Å². The number of amides is 2. The van der Waals surface area contributed by atoms with Gasteiger partial charge in [0.1, 0.15) is 0 Å². The van der Waals surface area contributed by atoms with Gasteiger partial charge in [0.15, 0.2) is 0 Å². The van der Waals surface area contributed by atoms with Crippen LogP contribution < -0.4 is 0 Å². The molecule has 5 heteroatoms. The van der Waals surface area contributed by atoms with Crippen LogP contribution in [0.4, 0.5) is 0 Å². The molecule has 2 saturated heterocycles. The van der Waals surface area contributed by atoms with E-state index < -0.39 is 0 Å². The summed E-state index contributed by atoms with van der Waals surface area (Å²) in [5.74, 6) is 0.422. The minimum Gasteiger partial charge on any atom is -0.374 e. The first-order chi connectivity index (χ1) is 14.2. The summed E-state index contributed by atoms with van der Waals surface area (Å²) in [6, 6.07) is 14.8. The second kappa shape index (κ2) is 9.40. The van der Waals surface area contributed by atoms with E-state index in [9.17, 15) is 9.59 Å². The van der Waals surface area contributed by atoms with Crippen molar-refractivity contribution in [2.45, 2.75) is 44.6 Å². The normalized spacial score (nSPS) is 20.3. The highest BCUT2D eigenvalue weighted by atomic mass is 16.5. The Morgan fingerprint density at radius 2 is 1.93 bits per heavy atom. The predicted octanol–water partition coefficient (Wildman–Crippen LogP) is 3.40. The molecule has 0 bridgehead atoms. The lowest BCUT2D eigenvalue weighted by atomic mass is 9.99. The van der Waals surface area contributed by atoms with Gasteiger partial charge in [0.2, 0.25) is 11.8 Å². The lowest BCUT2D eigenvalue weighted by Gasteiger charge is -2.33. The monoisotopic (exact) mass is 394 g/mol. The molecule has 2 amide bonds. The molecule has 154 valence electrons. The van der Waals surface area contributed by atoms with E-state index in [-0.39, 0.29) is 17.9 Å². The van der Waals surface area contributed by atoms with Crippen molar-refractivity contribution in [1.82, 2.24) is 9.80 Å². The van der Waals surface area contributed by atoms with Gasteiger partial charge in [-0.05, 0) is 35.6 Å². The number of fused-ring (bicyclic) bond motifs is 1. The summed E-state index contributed by atoms with van der Waals surface area (Å²) in [5, 5.41) is 2.49. The first-order valence-corrected chi connectivity index (χ1v) is 10.8. The molecule has 2 aromatic rings. The van der Waals surface area contributed by atoms with E-state index in [4.69, 9.17) is 4.74 Å². The summed E-state index contributed by atoms with van der Waals surface area (Å²) in [6.07, 6.45) is 4.84. The van der Waals surface area contributed by atoms with Crippen LogP contribution in [0.3, 0.4) is 0 Å². The van der Waals surface area contributed by atoms with E-state index in [1.807, 2.05) is 9.80 Å². The molecule has 0 N–H and O–H groups in total. The van der Waals surface area contributed by atoms with Crippen molar-refractivity contribution in [3.8, 4) is 0 Å². The number of nitrogens with zero attached hydrogens (tertiary/aromatic N) is 2. The molecule has 29 heavy (non-hydrogen) atoms. The van der Waals surface area contributed by atoms with Gasteiger partial charge < -0.3 is 14.5 Å². The van der Waals surface area contributed by atoms with Gasteiger partial charge in [0.25, 0.3) is 0 Å². The number of benzene rings is 2. The van der Waals surface area contributed by atoms with Crippen LogP contribution >= 0.6 is 0 Å². The van der Waals surface area contributed by atoms with Crippen molar-refractivity contribution in [2.24, 2.45) is 0 Å². The standard InChI is InChI=1S/C24H30N2O3/c27-23-11-3-4-13-25(23)14-6-12-24(28)26-15-16-29-21(18-26)17-20-9-5-8-19-7-1-2-10-22(19)20/h1-2,5,7-10,21H,3-4,6,11-18H2/t21-/m1/s1. The maximum Gasteiger partial charge on any atom is 0.222 e. The van der Waals surface area contributed by atoms with Crippen LogP contribution in [-0.4, -0.2) is 60.5 Å². The zero-order chi connectivity index (χ0) is 20.1. The molecule has 2 heterocycles. The van der Waals surface area contributed by atoms with Crippen molar-refractivity contribution in [3.05, 3.63) is 48.0 Å². The molecule has 0 saturated carbocycles. The molecular formula is C24H30N2O3. The number of carbonyl (C=O) groups is 2. The smallest absolute Gasteiger partial charge is 0.222 e. The highest BCUT2D eigenvalue weighted by Crippen LogP contribution is 2.22. The second-order valence-corrected chi connectivity index (χ2v) is 8.12. The van der Waals surface area contributed by atoms with Crippen molar-refractivity contribution in [1.29, 1.82) is 0 Å². The molecule has 5 nitrogen and oxygen atoms in total. The summed E-state index contributed by atoms with van der Waals surface area (Å²) in [5.41, 5.74) is 1.27. The summed E-state index contributed by atoms with van der Waals surface area (Å²) < 4.78 is 5.98. The fourth-order valence-corrected chi connectivity index (χ4v) is 4.46. The number of carbonyl (C=O) groups excluding carboxylic acids is 2. The molecular weight excluding hydrogens is 364 g/mol. The lowest BCUT2D eigenvalue weighted by Crippen LogP contribution is -2.46. The Bertz CT molecular complexity index is 861. The molecule has 0 spiro atoms. The van der Waals surface area contributed by atoms with Gasteiger partial charge >= 0.3 is 0 Å². The molecule has 2 aliphatic rings. The van der Waals surface area contributed by atoms with Crippen LogP contribution in [0.2, 0.25) is 0 Å². The summed E-state index contributed by atoms with van der Waals surface area (Å²) in [7, 11) is 0. The number of hydrogen-bond donors (Lipinski definition) is 0. The zero-order valence-electron chi connectivity index (χ0n) is 17.0. The molecule has 4 rings (SSSR count). The molecule has 0 unspecified atom stereocenters. The highest BCUT2D eigenvalue weighted by Gasteiger charge is 2.25. The third-order valence-electron chi connectivity index (χ3n) is 6.06. The SMILES string of the molecule is O=C1CCCCN1CCCC(=O)N1CCO[C@H](Cc2cccc3ccccc23)C1. The summed E-state index contributed by atoms with van der Waals surface area (Å²) in [4.78, 5) is 28.5. The van der Waals surface area contributed by atoms with Crippen molar-refractivity contribution < 1.29 is 14.3 Å². The van der Waals surface area contributed by atoms with Crippen molar-refractivity contribution in [3.63, 3.8) is 0 Å². The van der Waals surface area contributed by atoms with Gasteiger partial charge in [-0.2, -0.15) is 0 Å². The average Bonchev–Trinajstić information content (AvgIpc) is 2.75. The molecule has 0 aromatic heterocycles. The number of morpholine rings is 1. The van der Waals surface area contributed by atoms with Crippen LogP contribution in [0.1, 0.15) is 37.7 Å². The Labute approximate surface area is 172 Å². The number of likely N-dealkylation sites (tertiary alicyclic amines) is 1. The van der Waals surface area contributed by atoms with Crippen LogP contribution in [-0.2, 0) is 20.7 Å².